The van der Waals surface area contributed by atoms with Crippen LogP contribution in [-0.4, -0.2) is 52.1 Å². The fourth-order valence-electron chi connectivity index (χ4n) is 1.95. The number of nitrogens with two attached hydrogens (primary N) is 1. The van der Waals surface area contributed by atoms with Gasteiger partial charge in [0.15, 0.2) is 5.54 Å². The van der Waals surface area contributed by atoms with Crippen LogP contribution in [0.15, 0.2) is 12.2 Å². The third kappa shape index (κ3) is 7.10. The van der Waals surface area contributed by atoms with Gasteiger partial charge in [0.05, 0.1) is 12.7 Å². The van der Waals surface area contributed by atoms with Crippen LogP contribution in [0.3, 0.4) is 0 Å². The lowest BCUT2D eigenvalue weighted by Gasteiger charge is -2.27. The van der Waals surface area contributed by atoms with Gasteiger partial charge >= 0.3 is 12.1 Å². The van der Waals surface area contributed by atoms with Crippen molar-refractivity contribution in [1.29, 1.82) is 0 Å². The van der Waals surface area contributed by atoms with E-state index in [1.54, 1.807) is 0 Å². The van der Waals surface area contributed by atoms with Gasteiger partial charge in [0.1, 0.15) is 5.92 Å². The molecule has 3 atom stereocenters. The molecule has 0 bridgehead atoms. The molecular formula is C14H22F5NO4. The molecule has 24 heavy (non-hydrogen) atoms. The van der Waals surface area contributed by atoms with Gasteiger partial charge in [0, 0.05) is 0 Å². The minimum absolute atomic E-state index is 0.0813. The fourth-order valence-corrected chi connectivity index (χ4v) is 1.95. The predicted octanol–water partition coefficient (Wildman–Crippen LogP) is 2.07. The van der Waals surface area contributed by atoms with E-state index in [0.29, 0.717) is 0 Å². The van der Waals surface area contributed by atoms with E-state index in [1.165, 1.54) is 12.2 Å². The van der Waals surface area contributed by atoms with Gasteiger partial charge in [-0.05, 0) is 32.1 Å². The summed E-state index contributed by atoms with van der Waals surface area (Å²) >= 11 is 0. The second kappa shape index (κ2) is 9.90. The Morgan fingerprint density at radius 3 is 2.08 bits per heavy atom. The van der Waals surface area contributed by atoms with Crippen LogP contribution in [0.4, 0.5) is 22.0 Å². The molecule has 0 aliphatic heterocycles. The number of aliphatic hydroxyl groups excluding tert-OH is 2. The molecule has 10 heteroatoms. The van der Waals surface area contributed by atoms with Crippen molar-refractivity contribution in [3.8, 4) is 0 Å². The van der Waals surface area contributed by atoms with Crippen LogP contribution >= 0.6 is 0 Å². The number of carboxylic acid groups (broad SMARTS) is 1. The van der Waals surface area contributed by atoms with Gasteiger partial charge in [-0.15, -0.1) is 0 Å². The summed E-state index contributed by atoms with van der Waals surface area (Å²) < 4.78 is 61.4. The smallest absolute Gasteiger partial charge is 0.397 e. The zero-order valence-electron chi connectivity index (χ0n) is 12.8. The standard InChI is InChI=1S/C14H22F5NO4/c15-11(16)9(14(17,18)19)6-4-2-1-3-5-7-10(22)13(20,8-21)12(23)24/h1,3,9-11,21-22H,2,4-8,20H2,(H,23,24)/b3-1+. The van der Waals surface area contributed by atoms with Crippen LogP contribution in [0.25, 0.3) is 0 Å². The van der Waals surface area contributed by atoms with Crippen LogP contribution in [-0.2, 0) is 4.79 Å². The first-order valence-electron chi connectivity index (χ1n) is 7.27. The maximum Gasteiger partial charge on any atom is 0.397 e. The molecule has 0 amide bonds. The number of allylic oxidation sites excluding steroid dienone is 2. The van der Waals surface area contributed by atoms with Crippen molar-refractivity contribution >= 4 is 5.97 Å². The summed E-state index contributed by atoms with van der Waals surface area (Å²) in [6.07, 6.45) is -7.52. The Labute approximate surface area is 136 Å². The molecule has 0 saturated heterocycles. The minimum Gasteiger partial charge on any atom is -0.480 e. The molecule has 5 N–H and O–H groups in total. The summed E-state index contributed by atoms with van der Waals surface area (Å²) in [4.78, 5) is 10.9. The van der Waals surface area contributed by atoms with Crippen molar-refractivity contribution in [3.05, 3.63) is 12.2 Å². The van der Waals surface area contributed by atoms with Crippen molar-refractivity contribution in [3.63, 3.8) is 0 Å². The van der Waals surface area contributed by atoms with E-state index in [4.69, 9.17) is 15.9 Å². The van der Waals surface area contributed by atoms with Crippen LogP contribution < -0.4 is 5.73 Å². The molecule has 0 aromatic carbocycles. The second-order valence-electron chi connectivity index (χ2n) is 5.48. The first-order valence-corrected chi connectivity index (χ1v) is 7.27. The Morgan fingerprint density at radius 2 is 1.67 bits per heavy atom. The van der Waals surface area contributed by atoms with Gasteiger partial charge in [0.25, 0.3) is 0 Å². The summed E-state index contributed by atoms with van der Waals surface area (Å²) in [6, 6.07) is 0. The average Bonchev–Trinajstić information content (AvgIpc) is 2.46. The number of unbranched alkanes of at least 4 members (excludes halogenated alkanes) is 1. The number of rotatable bonds is 11. The number of hydrogen-bond acceptors (Lipinski definition) is 4. The number of alkyl halides is 5. The highest BCUT2D eigenvalue weighted by Crippen LogP contribution is 2.34. The number of hydrogen-bond donors (Lipinski definition) is 4. The van der Waals surface area contributed by atoms with E-state index in [0.717, 1.165) is 0 Å². The van der Waals surface area contributed by atoms with E-state index in [1.807, 2.05) is 0 Å². The fraction of sp³-hybridized carbons (Fsp3) is 0.786. The molecular weight excluding hydrogens is 341 g/mol. The molecule has 0 aromatic rings. The largest absolute Gasteiger partial charge is 0.480 e. The summed E-state index contributed by atoms with van der Waals surface area (Å²) in [6.45, 7) is -0.959. The summed E-state index contributed by atoms with van der Waals surface area (Å²) in [5.41, 5.74) is 3.16. The third-order valence-corrected chi connectivity index (χ3v) is 3.64. The van der Waals surface area contributed by atoms with E-state index in [-0.39, 0.29) is 25.7 Å². The third-order valence-electron chi connectivity index (χ3n) is 3.64. The van der Waals surface area contributed by atoms with Gasteiger partial charge in [-0.25, -0.2) is 8.78 Å². The number of aliphatic carboxylic acids is 1. The molecule has 0 aromatic heterocycles. The Bertz CT molecular complexity index is 416. The number of carboxylic acids is 1. The molecule has 0 fully saturated rings. The lowest BCUT2D eigenvalue weighted by Crippen LogP contribution is -2.60. The monoisotopic (exact) mass is 363 g/mol. The molecule has 0 saturated carbocycles. The Balaban J connectivity index is 4.17. The highest BCUT2D eigenvalue weighted by molar-refractivity contribution is 5.79. The van der Waals surface area contributed by atoms with Crippen LogP contribution in [0.5, 0.6) is 0 Å². The lowest BCUT2D eigenvalue weighted by atomic mass is 9.91. The molecule has 3 unspecified atom stereocenters. The number of aliphatic hydroxyl groups is 2. The number of carbonyl (C=O) groups is 1. The SMILES string of the molecule is NC(CO)(C(=O)O)C(O)CC/C=C/CCCC(C(F)F)C(F)(F)F. The first kappa shape index (κ1) is 22.7. The summed E-state index contributed by atoms with van der Waals surface area (Å²) in [5.74, 6) is -4.21. The second-order valence-corrected chi connectivity index (χ2v) is 5.48. The maximum absolute atomic E-state index is 12.3. The minimum atomic E-state index is -4.94. The van der Waals surface area contributed by atoms with Crippen LogP contribution in [0, 0.1) is 5.92 Å². The lowest BCUT2D eigenvalue weighted by molar-refractivity contribution is -0.208. The van der Waals surface area contributed by atoms with Crippen molar-refractivity contribution in [1.82, 2.24) is 0 Å². The summed E-state index contributed by atoms with van der Waals surface area (Å²) in [7, 11) is 0. The highest BCUT2D eigenvalue weighted by atomic mass is 19.4. The Morgan fingerprint density at radius 1 is 1.12 bits per heavy atom. The highest BCUT2D eigenvalue weighted by Gasteiger charge is 2.45. The summed E-state index contributed by atoms with van der Waals surface area (Å²) in [5, 5.41) is 27.4. The molecule has 0 heterocycles. The van der Waals surface area contributed by atoms with Gasteiger partial charge in [0.2, 0.25) is 6.43 Å². The van der Waals surface area contributed by atoms with Gasteiger partial charge in [-0.2, -0.15) is 13.2 Å². The van der Waals surface area contributed by atoms with E-state index >= 15 is 0 Å². The van der Waals surface area contributed by atoms with Crippen molar-refractivity contribution in [2.45, 2.75) is 56.3 Å². The first-order chi connectivity index (χ1) is 11.0. The molecule has 5 nitrogen and oxygen atoms in total. The van der Waals surface area contributed by atoms with Gasteiger partial charge in [-0.1, -0.05) is 12.2 Å². The Kier molecular flexibility index (Phi) is 9.38. The average molecular weight is 363 g/mol. The van der Waals surface area contributed by atoms with E-state index in [2.05, 4.69) is 0 Å². The predicted molar refractivity (Wildman–Crippen MR) is 75.4 cm³/mol. The van der Waals surface area contributed by atoms with E-state index in [9.17, 15) is 31.9 Å². The van der Waals surface area contributed by atoms with E-state index < -0.39 is 49.2 Å². The molecule has 0 rings (SSSR count). The zero-order chi connectivity index (χ0) is 19.0. The quantitative estimate of drug-likeness (QED) is 0.256. The van der Waals surface area contributed by atoms with Crippen LogP contribution in [0.2, 0.25) is 0 Å². The Hall–Kier alpha value is -1.26. The number of halogens is 5. The zero-order valence-corrected chi connectivity index (χ0v) is 12.8. The normalized spacial score (nSPS) is 17.9. The van der Waals surface area contributed by atoms with Gasteiger partial charge < -0.3 is 21.1 Å². The maximum atomic E-state index is 12.3. The topological polar surface area (TPSA) is 104 Å². The van der Waals surface area contributed by atoms with Crippen molar-refractivity contribution in [2.75, 3.05) is 6.61 Å². The molecule has 0 radical (unpaired) electrons. The molecule has 0 spiro atoms. The van der Waals surface area contributed by atoms with Crippen molar-refractivity contribution in [2.24, 2.45) is 11.7 Å². The molecule has 0 aliphatic rings. The molecule has 0 aliphatic carbocycles. The van der Waals surface area contributed by atoms with Gasteiger partial charge in [-0.3, -0.25) is 4.79 Å². The van der Waals surface area contributed by atoms with Crippen molar-refractivity contribution < 1.29 is 42.1 Å². The van der Waals surface area contributed by atoms with Crippen LogP contribution in [0.1, 0.15) is 32.1 Å². The molecule has 142 valence electrons.